The molecule has 0 unspecified atom stereocenters. The lowest BCUT2D eigenvalue weighted by Crippen LogP contribution is -2.54. The summed E-state index contributed by atoms with van der Waals surface area (Å²) in [6.45, 7) is 6.76. The van der Waals surface area contributed by atoms with Crippen LogP contribution in [0.1, 0.15) is 51.2 Å². The van der Waals surface area contributed by atoms with Crippen molar-refractivity contribution < 1.29 is 19.1 Å². The summed E-state index contributed by atoms with van der Waals surface area (Å²) in [6, 6.07) is 27.5. The van der Waals surface area contributed by atoms with Gasteiger partial charge in [0.15, 0.2) is 0 Å². The molecule has 7 heteroatoms. The van der Waals surface area contributed by atoms with Crippen molar-refractivity contribution in [3.05, 3.63) is 108 Å². The maximum Gasteiger partial charge on any atom is 0.312 e. The van der Waals surface area contributed by atoms with E-state index in [9.17, 15) is 14.4 Å². The summed E-state index contributed by atoms with van der Waals surface area (Å²) in [5.41, 5.74) is 9.19. The Hall–Kier alpha value is -4.23. The van der Waals surface area contributed by atoms with Crippen molar-refractivity contribution >= 4 is 17.8 Å². The number of hydrogen-bond donors (Lipinski definition) is 1. The van der Waals surface area contributed by atoms with Crippen LogP contribution in [0.5, 0.6) is 0 Å². The highest BCUT2D eigenvalue weighted by Gasteiger charge is 2.44. The van der Waals surface area contributed by atoms with E-state index in [1.165, 1.54) is 11.0 Å². The first-order valence-electron chi connectivity index (χ1n) is 15.9. The lowest BCUT2D eigenvalue weighted by atomic mass is 9.73. The second kappa shape index (κ2) is 15.2. The summed E-state index contributed by atoms with van der Waals surface area (Å²) < 4.78 is 5.54. The summed E-state index contributed by atoms with van der Waals surface area (Å²) in [4.78, 5) is 44.1. The number of benzene rings is 3. The van der Waals surface area contributed by atoms with Crippen molar-refractivity contribution in [2.24, 2.45) is 11.1 Å². The number of nitrogens with two attached hydrogens (primary N) is 1. The molecule has 0 aromatic heterocycles. The normalized spacial score (nSPS) is 15.4. The number of esters is 1. The monoisotopic (exact) mass is 609 g/mol. The smallest absolute Gasteiger partial charge is 0.312 e. The molecule has 0 aliphatic carbocycles. The third-order valence-corrected chi connectivity index (χ3v) is 8.62. The number of amides is 2. The standard InChI is InChI=1S/C38H47N3O4/c1-5-45-36(44)38(28-30-13-8-6-9-14-30)23-25-41(26-24-38)35(43)33(40(4)34(42)17-12-22-37(2,3)39)27-29-18-20-32(21-19-29)31-15-10-7-11-16-31/h6-21,33H,5,22-28,39H2,1-4H3/t33-/m1/s1. The van der Waals surface area contributed by atoms with Gasteiger partial charge in [-0.15, -0.1) is 0 Å². The van der Waals surface area contributed by atoms with E-state index in [4.69, 9.17) is 10.5 Å². The molecular weight excluding hydrogens is 562 g/mol. The van der Waals surface area contributed by atoms with E-state index in [0.29, 0.717) is 51.8 Å². The Labute approximate surface area is 268 Å². The Morgan fingerprint density at radius 1 is 0.911 bits per heavy atom. The molecule has 238 valence electrons. The molecule has 3 aromatic carbocycles. The van der Waals surface area contributed by atoms with E-state index >= 15 is 0 Å². The van der Waals surface area contributed by atoms with Gasteiger partial charge in [0, 0.05) is 32.1 Å². The van der Waals surface area contributed by atoms with Crippen molar-refractivity contribution in [2.75, 3.05) is 26.7 Å². The zero-order valence-corrected chi connectivity index (χ0v) is 27.1. The van der Waals surface area contributed by atoms with Gasteiger partial charge < -0.3 is 20.3 Å². The minimum absolute atomic E-state index is 0.122. The van der Waals surface area contributed by atoms with Gasteiger partial charge in [-0.05, 0) is 74.8 Å². The summed E-state index contributed by atoms with van der Waals surface area (Å²) >= 11 is 0. The molecule has 0 bridgehead atoms. The Bertz CT molecular complexity index is 1440. The van der Waals surface area contributed by atoms with Gasteiger partial charge >= 0.3 is 5.97 Å². The molecule has 1 fully saturated rings. The first kappa shape index (κ1) is 33.7. The Morgan fingerprint density at radius 2 is 1.49 bits per heavy atom. The zero-order chi connectivity index (χ0) is 32.5. The molecule has 1 aliphatic rings. The van der Waals surface area contributed by atoms with E-state index in [2.05, 4.69) is 24.3 Å². The Morgan fingerprint density at radius 3 is 2.07 bits per heavy atom. The molecule has 0 saturated carbocycles. The average molecular weight is 610 g/mol. The van der Waals surface area contributed by atoms with Crippen molar-refractivity contribution in [3.8, 4) is 11.1 Å². The van der Waals surface area contributed by atoms with Crippen molar-refractivity contribution in [2.45, 2.75) is 64.5 Å². The van der Waals surface area contributed by atoms with Gasteiger partial charge in [0.25, 0.3) is 0 Å². The first-order valence-corrected chi connectivity index (χ1v) is 15.9. The summed E-state index contributed by atoms with van der Waals surface area (Å²) in [5, 5.41) is 0. The zero-order valence-electron chi connectivity index (χ0n) is 27.1. The van der Waals surface area contributed by atoms with Crippen LogP contribution >= 0.6 is 0 Å². The van der Waals surface area contributed by atoms with Crippen LogP contribution in [-0.2, 0) is 32.0 Å². The minimum Gasteiger partial charge on any atom is -0.466 e. The number of carbonyl (C=O) groups excluding carboxylic acids is 3. The van der Waals surface area contributed by atoms with E-state index in [-0.39, 0.29) is 17.8 Å². The van der Waals surface area contributed by atoms with Crippen molar-refractivity contribution in [1.82, 2.24) is 9.80 Å². The summed E-state index contributed by atoms with van der Waals surface area (Å²) in [5.74, 6) is -0.584. The van der Waals surface area contributed by atoms with Gasteiger partial charge in [-0.25, -0.2) is 0 Å². The molecule has 0 spiro atoms. The summed E-state index contributed by atoms with van der Waals surface area (Å²) in [6.07, 6.45) is 5.74. The number of nitrogens with zero attached hydrogens (tertiary/aromatic N) is 2. The Kier molecular flexibility index (Phi) is 11.3. The van der Waals surface area contributed by atoms with Crippen molar-refractivity contribution in [3.63, 3.8) is 0 Å². The number of hydrogen-bond acceptors (Lipinski definition) is 5. The molecule has 2 amide bonds. The predicted molar refractivity (Wildman–Crippen MR) is 179 cm³/mol. The number of ether oxygens (including phenoxy) is 1. The van der Waals surface area contributed by atoms with Crippen LogP contribution in [0.15, 0.2) is 97.1 Å². The van der Waals surface area contributed by atoms with Crippen LogP contribution in [-0.4, -0.2) is 65.9 Å². The van der Waals surface area contributed by atoms with E-state index in [0.717, 1.165) is 22.3 Å². The van der Waals surface area contributed by atoms with Crippen LogP contribution < -0.4 is 5.73 Å². The van der Waals surface area contributed by atoms with Crippen LogP contribution in [0.4, 0.5) is 0 Å². The molecule has 3 aromatic rings. The molecule has 7 nitrogen and oxygen atoms in total. The van der Waals surface area contributed by atoms with Crippen LogP contribution in [0, 0.1) is 5.41 Å². The fraction of sp³-hybridized carbons (Fsp3) is 0.395. The van der Waals surface area contributed by atoms with E-state index in [1.54, 1.807) is 13.1 Å². The van der Waals surface area contributed by atoms with E-state index < -0.39 is 17.0 Å². The lowest BCUT2D eigenvalue weighted by Gasteiger charge is -2.42. The average Bonchev–Trinajstić information content (AvgIpc) is 3.04. The first-order chi connectivity index (χ1) is 21.5. The molecule has 45 heavy (non-hydrogen) atoms. The molecule has 1 atom stereocenters. The van der Waals surface area contributed by atoms with Crippen LogP contribution in [0.2, 0.25) is 0 Å². The highest BCUT2D eigenvalue weighted by atomic mass is 16.5. The third kappa shape index (κ3) is 9.14. The number of carbonyl (C=O) groups is 3. The largest absolute Gasteiger partial charge is 0.466 e. The van der Waals surface area contributed by atoms with Crippen LogP contribution in [0.3, 0.4) is 0 Å². The number of likely N-dealkylation sites (N-methyl/N-ethyl adjacent to an activating group) is 1. The van der Waals surface area contributed by atoms with Gasteiger partial charge in [0.05, 0.1) is 12.0 Å². The molecule has 0 radical (unpaired) electrons. The highest BCUT2D eigenvalue weighted by Crippen LogP contribution is 2.37. The number of rotatable bonds is 12. The fourth-order valence-electron chi connectivity index (χ4n) is 5.90. The van der Waals surface area contributed by atoms with Gasteiger partial charge in [-0.3, -0.25) is 14.4 Å². The second-order valence-electron chi connectivity index (χ2n) is 12.8. The SMILES string of the molecule is CCOC(=O)C1(Cc2ccccc2)CCN(C(=O)[C@@H](Cc2ccc(-c3ccccc3)cc2)N(C)C(=O)C=CCC(C)(C)N)CC1. The predicted octanol–water partition coefficient (Wildman–Crippen LogP) is 5.82. The highest BCUT2D eigenvalue weighted by molar-refractivity contribution is 5.93. The van der Waals surface area contributed by atoms with Gasteiger partial charge in [-0.2, -0.15) is 0 Å². The third-order valence-electron chi connectivity index (χ3n) is 8.62. The van der Waals surface area contributed by atoms with Crippen molar-refractivity contribution in [1.29, 1.82) is 0 Å². The summed E-state index contributed by atoms with van der Waals surface area (Å²) in [7, 11) is 1.68. The Balaban J connectivity index is 1.54. The van der Waals surface area contributed by atoms with Gasteiger partial charge in [0.1, 0.15) is 6.04 Å². The maximum atomic E-state index is 14.2. The molecule has 2 N–H and O–H groups in total. The quantitative estimate of drug-likeness (QED) is 0.206. The topological polar surface area (TPSA) is 92.9 Å². The lowest BCUT2D eigenvalue weighted by molar-refractivity contribution is -0.161. The number of piperidine rings is 1. The maximum absolute atomic E-state index is 14.2. The second-order valence-corrected chi connectivity index (χ2v) is 12.8. The van der Waals surface area contributed by atoms with Gasteiger partial charge in [0.2, 0.25) is 11.8 Å². The molecule has 4 rings (SSSR count). The minimum atomic E-state index is -0.708. The molecule has 1 saturated heterocycles. The molecular formula is C38H47N3O4. The fourth-order valence-corrected chi connectivity index (χ4v) is 5.90. The number of likely N-dealkylation sites (tertiary alicyclic amines) is 1. The molecule has 1 heterocycles. The molecule has 1 aliphatic heterocycles. The van der Waals surface area contributed by atoms with E-state index in [1.807, 2.05) is 86.3 Å². The van der Waals surface area contributed by atoms with Gasteiger partial charge in [-0.1, -0.05) is 91.0 Å². The van der Waals surface area contributed by atoms with Crippen LogP contribution in [0.25, 0.3) is 11.1 Å².